The third kappa shape index (κ3) is 3.12. The summed E-state index contributed by atoms with van der Waals surface area (Å²) in [5.74, 6) is 1.36. The molecule has 3 atom stereocenters. The van der Waals surface area contributed by atoms with Gasteiger partial charge in [0.25, 0.3) is 0 Å². The highest BCUT2D eigenvalue weighted by Gasteiger charge is 2.40. The highest BCUT2D eigenvalue weighted by atomic mass is 35.5. The summed E-state index contributed by atoms with van der Waals surface area (Å²) in [6.45, 7) is 2.35. The van der Waals surface area contributed by atoms with Crippen molar-refractivity contribution in [1.29, 1.82) is 0 Å². The van der Waals surface area contributed by atoms with Crippen LogP contribution in [-0.4, -0.2) is 44.9 Å². The number of rotatable bonds is 3. The maximum atomic E-state index is 12.2. The maximum Gasteiger partial charge on any atom is 0.224 e. The third-order valence-electron chi connectivity index (χ3n) is 4.53. The van der Waals surface area contributed by atoms with Crippen molar-refractivity contribution in [3.8, 4) is 0 Å². The van der Waals surface area contributed by atoms with Gasteiger partial charge in [0.15, 0.2) is 0 Å². The molecule has 2 aliphatic rings. The zero-order valence-corrected chi connectivity index (χ0v) is 12.3. The highest BCUT2D eigenvalue weighted by molar-refractivity contribution is 5.85. The molecule has 2 N–H and O–H groups in total. The Morgan fingerprint density at radius 3 is 2.90 bits per heavy atom. The van der Waals surface area contributed by atoms with Gasteiger partial charge in [-0.3, -0.25) is 9.48 Å². The van der Waals surface area contributed by atoms with E-state index in [4.69, 9.17) is 5.73 Å². The molecular formula is C13H22ClN5O. The summed E-state index contributed by atoms with van der Waals surface area (Å²) in [4.78, 5) is 14.2. The van der Waals surface area contributed by atoms with E-state index in [-0.39, 0.29) is 24.4 Å². The average molecular weight is 300 g/mol. The SMILES string of the molecule is Cl.NC1CCCC2CN(C(=O)CCn3ccnn3)CC12. The summed E-state index contributed by atoms with van der Waals surface area (Å²) >= 11 is 0. The van der Waals surface area contributed by atoms with E-state index < -0.39 is 0 Å². The second kappa shape index (κ2) is 6.54. The molecular weight excluding hydrogens is 278 g/mol. The number of fused-ring (bicyclic) bond motifs is 1. The number of likely N-dealkylation sites (tertiary alicyclic amines) is 1. The lowest BCUT2D eigenvalue weighted by Crippen LogP contribution is -2.38. The van der Waals surface area contributed by atoms with Crippen LogP contribution in [0.2, 0.25) is 0 Å². The number of aromatic nitrogens is 3. The molecule has 20 heavy (non-hydrogen) atoms. The molecule has 1 saturated carbocycles. The quantitative estimate of drug-likeness (QED) is 0.890. The van der Waals surface area contributed by atoms with Crippen LogP contribution in [0.15, 0.2) is 12.4 Å². The summed E-state index contributed by atoms with van der Waals surface area (Å²) in [7, 11) is 0. The lowest BCUT2D eigenvalue weighted by atomic mass is 9.78. The van der Waals surface area contributed by atoms with Gasteiger partial charge in [-0.05, 0) is 24.7 Å². The average Bonchev–Trinajstić information content (AvgIpc) is 3.05. The van der Waals surface area contributed by atoms with E-state index in [1.165, 1.54) is 12.8 Å². The molecule has 3 rings (SSSR count). The van der Waals surface area contributed by atoms with Crippen LogP contribution in [0.25, 0.3) is 0 Å². The first kappa shape index (κ1) is 15.3. The Morgan fingerprint density at radius 1 is 1.35 bits per heavy atom. The summed E-state index contributed by atoms with van der Waals surface area (Å²) in [6.07, 6.45) is 7.47. The molecule has 0 aromatic carbocycles. The van der Waals surface area contributed by atoms with Gasteiger partial charge in [-0.1, -0.05) is 11.6 Å². The fraction of sp³-hybridized carbons (Fsp3) is 0.769. The number of nitrogens with zero attached hydrogens (tertiary/aromatic N) is 4. The van der Waals surface area contributed by atoms with Gasteiger partial charge >= 0.3 is 0 Å². The topological polar surface area (TPSA) is 77.0 Å². The highest BCUT2D eigenvalue weighted by Crippen LogP contribution is 2.35. The van der Waals surface area contributed by atoms with Crippen molar-refractivity contribution in [2.45, 2.75) is 38.3 Å². The Bertz CT molecular complexity index is 438. The summed E-state index contributed by atoms with van der Waals surface area (Å²) in [5.41, 5.74) is 6.17. The first-order valence-corrected chi connectivity index (χ1v) is 7.11. The molecule has 1 aromatic rings. The van der Waals surface area contributed by atoms with E-state index in [1.54, 1.807) is 17.1 Å². The Kier molecular flexibility index (Phi) is 4.99. The van der Waals surface area contributed by atoms with Crippen LogP contribution in [0.1, 0.15) is 25.7 Å². The van der Waals surface area contributed by atoms with E-state index in [0.29, 0.717) is 24.8 Å². The van der Waals surface area contributed by atoms with Crippen LogP contribution < -0.4 is 5.73 Å². The van der Waals surface area contributed by atoms with Gasteiger partial charge < -0.3 is 10.6 Å². The van der Waals surface area contributed by atoms with Gasteiger partial charge in [0.05, 0.1) is 12.7 Å². The largest absolute Gasteiger partial charge is 0.342 e. The standard InChI is InChI=1S/C13H21N5O.ClH/c14-12-3-1-2-10-8-17(9-11(10)12)13(19)4-6-18-7-5-15-16-18;/h5,7,10-12H,1-4,6,8-9,14H2;1H. The Labute approximate surface area is 125 Å². The molecule has 2 heterocycles. The Balaban J connectivity index is 0.00000147. The number of halogens is 1. The number of hydrogen-bond acceptors (Lipinski definition) is 4. The molecule has 1 amide bonds. The van der Waals surface area contributed by atoms with Gasteiger partial charge in [0.2, 0.25) is 5.91 Å². The number of amides is 1. The molecule has 112 valence electrons. The number of nitrogens with two attached hydrogens (primary N) is 1. The molecule has 1 saturated heterocycles. The summed E-state index contributed by atoms with van der Waals surface area (Å²) < 4.78 is 1.70. The fourth-order valence-electron chi connectivity index (χ4n) is 3.44. The van der Waals surface area contributed by atoms with Crippen LogP contribution in [0.4, 0.5) is 0 Å². The normalized spacial score (nSPS) is 28.9. The smallest absolute Gasteiger partial charge is 0.224 e. The Morgan fingerprint density at radius 2 is 2.20 bits per heavy atom. The lowest BCUT2D eigenvalue weighted by Gasteiger charge is -2.29. The van der Waals surface area contributed by atoms with Crippen molar-refractivity contribution in [2.24, 2.45) is 17.6 Å². The van der Waals surface area contributed by atoms with Gasteiger partial charge in [0, 0.05) is 31.7 Å². The molecule has 3 unspecified atom stereocenters. The van der Waals surface area contributed by atoms with Gasteiger partial charge in [-0.25, -0.2) is 0 Å². The first-order chi connectivity index (χ1) is 9.24. The molecule has 2 fully saturated rings. The zero-order valence-electron chi connectivity index (χ0n) is 11.5. The van der Waals surface area contributed by atoms with Crippen LogP contribution in [0, 0.1) is 11.8 Å². The van der Waals surface area contributed by atoms with E-state index in [2.05, 4.69) is 10.3 Å². The molecule has 0 spiro atoms. The fourth-order valence-corrected chi connectivity index (χ4v) is 3.44. The number of carbonyl (C=O) groups excluding carboxylic acids is 1. The van der Waals surface area contributed by atoms with E-state index in [9.17, 15) is 4.79 Å². The predicted octanol–water partition coefficient (Wildman–Crippen LogP) is 0.676. The van der Waals surface area contributed by atoms with Crippen molar-refractivity contribution < 1.29 is 4.79 Å². The van der Waals surface area contributed by atoms with Crippen molar-refractivity contribution in [2.75, 3.05) is 13.1 Å². The molecule has 0 radical (unpaired) electrons. The summed E-state index contributed by atoms with van der Waals surface area (Å²) in [6, 6.07) is 0.284. The van der Waals surface area contributed by atoms with Crippen molar-refractivity contribution in [3.05, 3.63) is 12.4 Å². The molecule has 1 aliphatic heterocycles. The minimum Gasteiger partial charge on any atom is -0.342 e. The van der Waals surface area contributed by atoms with E-state index >= 15 is 0 Å². The molecule has 1 aliphatic carbocycles. The van der Waals surface area contributed by atoms with Crippen LogP contribution in [0.5, 0.6) is 0 Å². The van der Waals surface area contributed by atoms with E-state index in [0.717, 1.165) is 19.5 Å². The van der Waals surface area contributed by atoms with Crippen LogP contribution >= 0.6 is 12.4 Å². The second-order valence-corrected chi connectivity index (χ2v) is 5.73. The van der Waals surface area contributed by atoms with E-state index in [1.807, 2.05) is 4.90 Å². The second-order valence-electron chi connectivity index (χ2n) is 5.73. The van der Waals surface area contributed by atoms with Gasteiger partial charge in [-0.2, -0.15) is 0 Å². The minimum atomic E-state index is 0. The van der Waals surface area contributed by atoms with Crippen molar-refractivity contribution in [3.63, 3.8) is 0 Å². The molecule has 6 nitrogen and oxygen atoms in total. The monoisotopic (exact) mass is 299 g/mol. The van der Waals surface area contributed by atoms with Gasteiger partial charge in [-0.15, -0.1) is 17.5 Å². The number of aryl methyl sites for hydroxylation is 1. The lowest BCUT2D eigenvalue weighted by molar-refractivity contribution is -0.130. The van der Waals surface area contributed by atoms with Crippen molar-refractivity contribution in [1.82, 2.24) is 19.9 Å². The third-order valence-corrected chi connectivity index (χ3v) is 4.53. The van der Waals surface area contributed by atoms with Gasteiger partial charge in [0.1, 0.15) is 0 Å². The Hall–Kier alpha value is -1.14. The number of carbonyl (C=O) groups is 1. The molecule has 7 heteroatoms. The molecule has 1 aromatic heterocycles. The predicted molar refractivity (Wildman–Crippen MR) is 77.3 cm³/mol. The van der Waals surface area contributed by atoms with Crippen LogP contribution in [0.3, 0.4) is 0 Å². The summed E-state index contributed by atoms with van der Waals surface area (Å²) in [5, 5.41) is 7.61. The maximum absolute atomic E-state index is 12.2. The zero-order chi connectivity index (χ0) is 13.2. The van der Waals surface area contributed by atoms with Crippen molar-refractivity contribution >= 4 is 18.3 Å². The minimum absolute atomic E-state index is 0. The molecule has 0 bridgehead atoms. The van der Waals surface area contributed by atoms with Crippen LogP contribution in [-0.2, 0) is 11.3 Å². The number of hydrogen-bond donors (Lipinski definition) is 1. The first-order valence-electron chi connectivity index (χ1n) is 7.11.